The highest BCUT2D eigenvalue weighted by molar-refractivity contribution is 6.04. The van der Waals surface area contributed by atoms with Crippen molar-refractivity contribution in [2.24, 2.45) is 0 Å². The van der Waals surface area contributed by atoms with Gasteiger partial charge in [-0.1, -0.05) is 36.4 Å². The number of pyridine rings is 1. The van der Waals surface area contributed by atoms with E-state index in [-0.39, 0.29) is 5.82 Å². The number of rotatable bonds is 3. The van der Waals surface area contributed by atoms with Gasteiger partial charge in [-0.3, -0.25) is 4.79 Å². The highest BCUT2D eigenvalue weighted by Crippen LogP contribution is 2.28. The molecule has 0 atom stereocenters. The van der Waals surface area contributed by atoms with E-state index in [2.05, 4.69) is 28.5 Å². The first-order chi connectivity index (χ1) is 13.5. The third-order valence-electron chi connectivity index (χ3n) is 4.60. The fourth-order valence-corrected chi connectivity index (χ4v) is 3.19. The van der Waals surface area contributed by atoms with Crippen LogP contribution in [0.15, 0.2) is 72.9 Å². The summed E-state index contributed by atoms with van der Waals surface area (Å²) in [6.07, 6.45) is 1.63. The van der Waals surface area contributed by atoms with E-state index in [1.165, 1.54) is 6.07 Å². The normalized spacial score (nSPS) is 10.8. The number of aromatic nitrogens is 1. The first-order valence-corrected chi connectivity index (χ1v) is 8.74. The second kappa shape index (κ2) is 7.19. The summed E-state index contributed by atoms with van der Waals surface area (Å²) in [5, 5.41) is 4.71. The van der Waals surface area contributed by atoms with Crippen LogP contribution in [-0.4, -0.2) is 10.9 Å². The molecule has 4 aromatic rings. The summed E-state index contributed by atoms with van der Waals surface area (Å²) in [4.78, 5) is 16.4. The fourth-order valence-electron chi connectivity index (χ4n) is 3.19. The highest BCUT2D eigenvalue weighted by atomic mass is 19.1. The van der Waals surface area contributed by atoms with Crippen LogP contribution in [0, 0.1) is 18.6 Å². The van der Waals surface area contributed by atoms with Crippen molar-refractivity contribution in [2.45, 2.75) is 6.92 Å². The number of amides is 1. The molecule has 1 heterocycles. The molecule has 0 saturated heterocycles. The SMILES string of the molecule is Cc1cc2ccccc2cc1-c1ccc(NC(=O)c2c(F)cccc2F)nc1. The largest absolute Gasteiger partial charge is 0.306 e. The van der Waals surface area contributed by atoms with E-state index in [4.69, 9.17) is 0 Å². The molecule has 3 nitrogen and oxygen atoms in total. The lowest BCUT2D eigenvalue weighted by atomic mass is 9.97. The summed E-state index contributed by atoms with van der Waals surface area (Å²) in [5.74, 6) is -2.49. The number of hydrogen-bond donors (Lipinski definition) is 1. The zero-order chi connectivity index (χ0) is 19.7. The molecule has 138 valence electrons. The topological polar surface area (TPSA) is 42.0 Å². The van der Waals surface area contributed by atoms with Gasteiger partial charge in [-0.25, -0.2) is 13.8 Å². The van der Waals surface area contributed by atoms with Crippen LogP contribution in [0.4, 0.5) is 14.6 Å². The minimum atomic E-state index is -0.916. The third kappa shape index (κ3) is 3.34. The molecule has 1 N–H and O–H groups in total. The van der Waals surface area contributed by atoms with Gasteiger partial charge in [-0.05, 0) is 59.2 Å². The van der Waals surface area contributed by atoms with E-state index in [0.717, 1.165) is 39.6 Å². The van der Waals surface area contributed by atoms with Gasteiger partial charge in [0, 0.05) is 11.8 Å². The van der Waals surface area contributed by atoms with Crippen LogP contribution < -0.4 is 5.32 Å². The van der Waals surface area contributed by atoms with E-state index < -0.39 is 23.1 Å². The molecule has 1 aromatic heterocycles. The van der Waals surface area contributed by atoms with Crippen LogP contribution in [0.5, 0.6) is 0 Å². The van der Waals surface area contributed by atoms with Crippen LogP contribution in [0.3, 0.4) is 0 Å². The van der Waals surface area contributed by atoms with Crippen LogP contribution in [0.2, 0.25) is 0 Å². The van der Waals surface area contributed by atoms with Crippen molar-refractivity contribution in [1.29, 1.82) is 0 Å². The van der Waals surface area contributed by atoms with E-state index in [1.54, 1.807) is 12.3 Å². The second-order valence-electron chi connectivity index (χ2n) is 6.50. The Balaban J connectivity index is 1.61. The van der Waals surface area contributed by atoms with E-state index >= 15 is 0 Å². The van der Waals surface area contributed by atoms with Crippen LogP contribution >= 0.6 is 0 Å². The second-order valence-corrected chi connectivity index (χ2v) is 6.50. The number of fused-ring (bicyclic) bond motifs is 1. The first kappa shape index (κ1) is 17.8. The number of hydrogen-bond acceptors (Lipinski definition) is 2. The van der Waals surface area contributed by atoms with E-state index in [0.29, 0.717) is 0 Å². The zero-order valence-corrected chi connectivity index (χ0v) is 15.0. The standard InChI is InChI=1S/C23H16F2N2O/c1-14-11-15-5-2-3-6-16(15)12-18(14)17-9-10-21(26-13-17)27-23(28)22-19(24)7-4-8-20(22)25/h2-13H,1H3,(H,26,27,28). The molecule has 4 rings (SSSR count). The lowest BCUT2D eigenvalue weighted by Crippen LogP contribution is -2.16. The minimum Gasteiger partial charge on any atom is -0.306 e. The Bertz CT molecular complexity index is 1170. The molecule has 0 bridgehead atoms. The van der Waals surface area contributed by atoms with Crippen LogP contribution in [0.1, 0.15) is 15.9 Å². The number of carbonyl (C=O) groups is 1. The molecule has 0 fully saturated rings. The molecule has 0 aliphatic heterocycles. The average Bonchev–Trinajstić information content (AvgIpc) is 2.68. The molecule has 5 heteroatoms. The smallest absolute Gasteiger partial charge is 0.262 e. The summed E-state index contributed by atoms with van der Waals surface area (Å²) < 4.78 is 27.5. The highest BCUT2D eigenvalue weighted by Gasteiger charge is 2.17. The maximum atomic E-state index is 13.7. The van der Waals surface area contributed by atoms with Gasteiger partial charge in [0.15, 0.2) is 0 Å². The predicted molar refractivity (Wildman–Crippen MR) is 106 cm³/mol. The molecule has 0 spiro atoms. The molecule has 3 aromatic carbocycles. The Kier molecular flexibility index (Phi) is 4.57. The van der Waals surface area contributed by atoms with Gasteiger partial charge < -0.3 is 5.32 Å². The Morgan fingerprint density at radius 1 is 0.893 bits per heavy atom. The van der Waals surface area contributed by atoms with E-state index in [9.17, 15) is 13.6 Å². The van der Waals surface area contributed by atoms with Gasteiger partial charge in [0.05, 0.1) is 0 Å². The van der Waals surface area contributed by atoms with Crippen molar-refractivity contribution in [1.82, 2.24) is 4.98 Å². The van der Waals surface area contributed by atoms with Gasteiger partial charge in [-0.2, -0.15) is 0 Å². The Labute approximate surface area is 160 Å². The quantitative estimate of drug-likeness (QED) is 0.497. The van der Waals surface area contributed by atoms with Crippen molar-refractivity contribution < 1.29 is 13.6 Å². The van der Waals surface area contributed by atoms with Gasteiger partial charge in [0.1, 0.15) is 23.0 Å². The molecule has 0 unspecified atom stereocenters. The summed E-state index contributed by atoms with van der Waals surface area (Å²) in [5.41, 5.74) is 2.40. The average molecular weight is 374 g/mol. The molecule has 0 saturated carbocycles. The van der Waals surface area contributed by atoms with Crippen molar-refractivity contribution in [3.05, 3.63) is 95.7 Å². The summed E-state index contributed by atoms with van der Waals surface area (Å²) in [6, 6.07) is 19.0. The molecule has 0 radical (unpaired) electrons. The number of aryl methyl sites for hydroxylation is 1. The first-order valence-electron chi connectivity index (χ1n) is 8.74. The number of carbonyl (C=O) groups excluding carboxylic acids is 1. The summed E-state index contributed by atoms with van der Waals surface area (Å²) in [6.45, 7) is 2.03. The number of anilines is 1. The number of nitrogens with one attached hydrogen (secondary N) is 1. The lowest BCUT2D eigenvalue weighted by molar-refractivity contribution is 0.101. The number of nitrogens with zero attached hydrogens (tertiary/aromatic N) is 1. The maximum Gasteiger partial charge on any atom is 0.262 e. The Morgan fingerprint density at radius 3 is 2.21 bits per heavy atom. The fraction of sp³-hybridized carbons (Fsp3) is 0.0435. The molecule has 0 aliphatic carbocycles. The van der Waals surface area contributed by atoms with Crippen molar-refractivity contribution >= 4 is 22.5 Å². The Morgan fingerprint density at radius 2 is 1.57 bits per heavy atom. The Hall–Kier alpha value is -3.60. The molecule has 28 heavy (non-hydrogen) atoms. The van der Waals surface area contributed by atoms with E-state index in [1.807, 2.05) is 31.2 Å². The van der Waals surface area contributed by atoms with Crippen LogP contribution in [-0.2, 0) is 0 Å². The van der Waals surface area contributed by atoms with Gasteiger partial charge in [0.25, 0.3) is 5.91 Å². The van der Waals surface area contributed by atoms with Crippen LogP contribution in [0.25, 0.3) is 21.9 Å². The third-order valence-corrected chi connectivity index (χ3v) is 4.60. The lowest BCUT2D eigenvalue weighted by Gasteiger charge is -2.10. The molecule has 1 amide bonds. The predicted octanol–water partition coefficient (Wildman–Crippen LogP) is 5.74. The van der Waals surface area contributed by atoms with Gasteiger partial charge in [0.2, 0.25) is 0 Å². The van der Waals surface area contributed by atoms with Gasteiger partial charge >= 0.3 is 0 Å². The molecular weight excluding hydrogens is 358 g/mol. The summed E-state index contributed by atoms with van der Waals surface area (Å²) in [7, 11) is 0. The minimum absolute atomic E-state index is 0.217. The molecular formula is C23H16F2N2O. The van der Waals surface area contributed by atoms with Crippen molar-refractivity contribution in [3.8, 4) is 11.1 Å². The van der Waals surface area contributed by atoms with Crippen molar-refractivity contribution in [2.75, 3.05) is 5.32 Å². The monoisotopic (exact) mass is 374 g/mol. The maximum absolute atomic E-state index is 13.7. The summed E-state index contributed by atoms with van der Waals surface area (Å²) >= 11 is 0. The number of benzene rings is 3. The van der Waals surface area contributed by atoms with Gasteiger partial charge in [-0.15, -0.1) is 0 Å². The number of halogens is 2. The van der Waals surface area contributed by atoms with Crippen molar-refractivity contribution in [3.63, 3.8) is 0 Å². The molecule has 0 aliphatic rings. The zero-order valence-electron chi connectivity index (χ0n) is 15.0.